The summed E-state index contributed by atoms with van der Waals surface area (Å²) in [6.07, 6.45) is 3.59. The predicted molar refractivity (Wildman–Crippen MR) is 79.1 cm³/mol. The van der Waals surface area contributed by atoms with Crippen molar-refractivity contribution in [3.63, 3.8) is 0 Å². The average molecular weight is 244 g/mol. The first-order chi connectivity index (χ1) is 8.47. The van der Waals surface area contributed by atoms with E-state index >= 15 is 0 Å². The van der Waals surface area contributed by atoms with Gasteiger partial charge in [0.05, 0.1) is 5.69 Å². The van der Waals surface area contributed by atoms with Gasteiger partial charge in [0, 0.05) is 12.8 Å². The lowest BCUT2D eigenvalue weighted by Crippen LogP contribution is -2.18. The molecule has 0 N–H and O–H groups in total. The maximum atomic E-state index is 4.76. The molecule has 1 atom stereocenters. The molecule has 18 heavy (non-hydrogen) atoms. The molecule has 0 bridgehead atoms. The molecule has 0 spiro atoms. The van der Waals surface area contributed by atoms with Gasteiger partial charge in [-0.25, -0.2) is 0 Å². The highest BCUT2D eigenvalue weighted by Crippen LogP contribution is 2.38. The number of anilines is 1. The summed E-state index contributed by atoms with van der Waals surface area (Å²) in [5.41, 5.74) is 2.91. The Hall–Kier alpha value is -1.31. The standard InChI is InChI=1S/C16H24N2/c1-16(2,3)13-10-11-14(12-13)17-18(4)15-8-6-5-7-9-15/h5-9,13H,10-12H2,1-4H3/b17-14+. The Morgan fingerprint density at radius 1 is 1.17 bits per heavy atom. The molecule has 0 amide bonds. The summed E-state index contributed by atoms with van der Waals surface area (Å²) in [7, 11) is 2.03. The Kier molecular flexibility index (Phi) is 3.74. The monoisotopic (exact) mass is 244 g/mol. The molecule has 98 valence electrons. The van der Waals surface area contributed by atoms with Crippen LogP contribution in [0.15, 0.2) is 35.4 Å². The van der Waals surface area contributed by atoms with Gasteiger partial charge < -0.3 is 0 Å². The van der Waals surface area contributed by atoms with Crippen molar-refractivity contribution in [3.05, 3.63) is 30.3 Å². The van der Waals surface area contributed by atoms with Crippen LogP contribution in [0.2, 0.25) is 0 Å². The molecule has 1 saturated carbocycles. The first-order valence-corrected chi connectivity index (χ1v) is 6.82. The highest BCUT2D eigenvalue weighted by atomic mass is 15.4. The molecule has 2 heteroatoms. The van der Waals surface area contributed by atoms with Crippen LogP contribution in [-0.4, -0.2) is 12.8 Å². The van der Waals surface area contributed by atoms with Gasteiger partial charge in [-0.2, -0.15) is 5.10 Å². The zero-order valence-corrected chi connectivity index (χ0v) is 12.0. The van der Waals surface area contributed by atoms with Gasteiger partial charge in [-0.3, -0.25) is 5.01 Å². The van der Waals surface area contributed by atoms with Crippen molar-refractivity contribution in [1.29, 1.82) is 0 Å². The van der Waals surface area contributed by atoms with E-state index in [1.54, 1.807) is 0 Å². The first-order valence-electron chi connectivity index (χ1n) is 6.82. The molecule has 2 rings (SSSR count). The summed E-state index contributed by atoms with van der Waals surface area (Å²) in [6.45, 7) is 7.00. The van der Waals surface area contributed by atoms with Crippen LogP contribution < -0.4 is 5.01 Å². The molecule has 1 unspecified atom stereocenters. The summed E-state index contributed by atoms with van der Waals surface area (Å²) in [5, 5.41) is 6.76. The Bertz CT molecular complexity index is 414. The summed E-state index contributed by atoms with van der Waals surface area (Å²) >= 11 is 0. The van der Waals surface area contributed by atoms with Gasteiger partial charge in [0.25, 0.3) is 0 Å². The topological polar surface area (TPSA) is 15.6 Å². The van der Waals surface area contributed by atoms with Crippen molar-refractivity contribution < 1.29 is 0 Å². The second-order valence-corrected chi connectivity index (χ2v) is 6.33. The number of hydrogen-bond donors (Lipinski definition) is 0. The lowest BCUT2D eigenvalue weighted by Gasteiger charge is -2.26. The molecule has 0 heterocycles. The predicted octanol–water partition coefficient (Wildman–Crippen LogP) is 4.33. The number of rotatable bonds is 2. The fourth-order valence-electron chi connectivity index (χ4n) is 2.57. The second kappa shape index (κ2) is 5.13. The Labute approximate surface area is 111 Å². The van der Waals surface area contributed by atoms with Crippen LogP contribution in [0.25, 0.3) is 0 Å². The average Bonchev–Trinajstić information content (AvgIpc) is 2.78. The minimum Gasteiger partial charge on any atom is -0.269 e. The SMILES string of the molecule is CN(/N=C1\CCC(C(C)(C)C)C1)c1ccccc1. The molecule has 1 fully saturated rings. The molecule has 1 aromatic carbocycles. The van der Waals surface area contributed by atoms with Crippen molar-refractivity contribution in [3.8, 4) is 0 Å². The lowest BCUT2D eigenvalue weighted by molar-refractivity contribution is 0.251. The maximum absolute atomic E-state index is 4.76. The number of benzene rings is 1. The van der Waals surface area contributed by atoms with Gasteiger partial charge in [0.15, 0.2) is 0 Å². The third-order valence-corrected chi connectivity index (χ3v) is 3.91. The van der Waals surface area contributed by atoms with Crippen molar-refractivity contribution >= 4 is 11.4 Å². The molecule has 1 aliphatic carbocycles. The lowest BCUT2D eigenvalue weighted by atomic mass is 9.80. The highest BCUT2D eigenvalue weighted by Gasteiger charge is 2.30. The minimum atomic E-state index is 0.405. The minimum absolute atomic E-state index is 0.405. The molecular formula is C16H24N2. The van der Waals surface area contributed by atoms with Gasteiger partial charge in [-0.05, 0) is 42.7 Å². The van der Waals surface area contributed by atoms with Crippen LogP contribution in [0.1, 0.15) is 40.0 Å². The van der Waals surface area contributed by atoms with Crippen molar-refractivity contribution in [2.75, 3.05) is 12.1 Å². The zero-order chi connectivity index (χ0) is 13.2. The van der Waals surface area contributed by atoms with E-state index in [1.807, 2.05) is 18.1 Å². The Morgan fingerprint density at radius 3 is 2.39 bits per heavy atom. The highest BCUT2D eigenvalue weighted by molar-refractivity contribution is 5.87. The fourth-order valence-corrected chi connectivity index (χ4v) is 2.57. The number of hydrogen-bond acceptors (Lipinski definition) is 2. The number of para-hydroxylation sites is 1. The maximum Gasteiger partial charge on any atom is 0.0590 e. The molecule has 0 saturated heterocycles. The van der Waals surface area contributed by atoms with E-state index in [1.165, 1.54) is 12.1 Å². The van der Waals surface area contributed by atoms with Gasteiger partial charge in [0.1, 0.15) is 0 Å². The molecular weight excluding hydrogens is 220 g/mol. The summed E-state index contributed by atoms with van der Waals surface area (Å²) in [4.78, 5) is 0. The second-order valence-electron chi connectivity index (χ2n) is 6.33. The van der Waals surface area contributed by atoms with Crippen molar-refractivity contribution in [1.82, 2.24) is 0 Å². The molecule has 1 aromatic rings. The quantitative estimate of drug-likeness (QED) is 0.707. The van der Waals surface area contributed by atoms with Gasteiger partial charge >= 0.3 is 0 Å². The summed E-state index contributed by atoms with van der Waals surface area (Å²) in [6, 6.07) is 10.3. The Morgan fingerprint density at radius 2 is 1.83 bits per heavy atom. The first kappa shape index (κ1) is 13.1. The van der Waals surface area contributed by atoms with E-state index in [2.05, 4.69) is 45.0 Å². The van der Waals surface area contributed by atoms with Crippen LogP contribution >= 0.6 is 0 Å². The van der Waals surface area contributed by atoms with E-state index < -0.39 is 0 Å². The van der Waals surface area contributed by atoms with Gasteiger partial charge in [0.2, 0.25) is 0 Å². The molecule has 2 nitrogen and oxygen atoms in total. The van der Waals surface area contributed by atoms with Crippen LogP contribution in [0.4, 0.5) is 5.69 Å². The largest absolute Gasteiger partial charge is 0.269 e. The summed E-state index contributed by atoms with van der Waals surface area (Å²) < 4.78 is 0. The molecule has 0 radical (unpaired) electrons. The van der Waals surface area contributed by atoms with E-state index in [4.69, 9.17) is 5.10 Å². The molecule has 0 aromatic heterocycles. The van der Waals surface area contributed by atoms with E-state index in [0.29, 0.717) is 5.41 Å². The summed E-state index contributed by atoms with van der Waals surface area (Å²) in [5.74, 6) is 0.778. The van der Waals surface area contributed by atoms with Crippen LogP contribution in [-0.2, 0) is 0 Å². The van der Waals surface area contributed by atoms with Crippen LogP contribution in [0.5, 0.6) is 0 Å². The van der Waals surface area contributed by atoms with Gasteiger partial charge in [-0.1, -0.05) is 39.0 Å². The van der Waals surface area contributed by atoms with Crippen molar-refractivity contribution in [2.24, 2.45) is 16.4 Å². The molecule has 1 aliphatic rings. The normalized spacial score (nSPS) is 22.4. The van der Waals surface area contributed by atoms with Crippen LogP contribution in [0.3, 0.4) is 0 Å². The smallest absolute Gasteiger partial charge is 0.0590 e. The van der Waals surface area contributed by atoms with Crippen LogP contribution in [0, 0.1) is 11.3 Å². The van der Waals surface area contributed by atoms with Gasteiger partial charge in [-0.15, -0.1) is 0 Å². The van der Waals surface area contributed by atoms with E-state index in [9.17, 15) is 0 Å². The fraction of sp³-hybridized carbons (Fsp3) is 0.562. The number of hydrazone groups is 1. The van der Waals surface area contributed by atoms with E-state index in [-0.39, 0.29) is 0 Å². The zero-order valence-electron chi connectivity index (χ0n) is 12.0. The van der Waals surface area contributed by atoms with E-state index in [0.717, 1.165) is 24.4 Å². The Balaban J connectivity index is 2.03. The number of nitrogens with zero attached hydrogens (tertiary/aromatic N) is 2. The molecule has 0 aliphatic heterocycles. The third-order valence-electron chi connectivity index (χ3n) is 3.91. The van der Waals surface area contributed by atoms with Crippen molar-refractivity contribution in [2.45, 2.75) is 40.0 Å². The third kappa shape index (κ3) is 3.12.